The molecule has 0 saturated carbocycles. The highest BCUT2D eigenvalue weighted by Crippen LogP contribution is 2.25. The van der Waals surface area contributed by atoms with E-state index < -0.39 is 0 Å². The minimum Gasteiger partial charge on any atom is -0.357 e. The Hall–Kier alpha value is -2.88. The number of hydrogen-bond donors (Lipinski definition) is 2. The number of nitrogens with one attached hydrogen (secondary N) is 2. The molecule has 0 spiro atoms. The zero-order valence-electron chi connectivity index (χ0n) is 13.6. The molecule has 0 amide bonds. The van der Waals surface area contributed by atoms with Crippen LogP contribution in [0.1, 0.15) is 11.1 Å². The number of anilines is 3. The zero-order valence-corrected chi connectivity index (χ0v) is 13.6. The largest absolute Gasteiger partial charge is 0.357 e. The molecule has 1 heterocycles. The van der Waals surface area contributed by atoms with Gasteiger partial charge in [0.15, 0.2) is 0 Å². The van der Waals surface area contributed by atoms with Gasteiger partial charge in [-0.15, -0.1) is 0 Å². The summed E-state index contributed by atoms with van der Waals surface area (Å²) in [5.74, 6) is 1.37. The summed E-state index contributed by atoms with van der Waals surface area (Å²) in [6.07, 6.45) is 0. The number of aromatic nitrogens is 2. The smallest absolute Gasteiger partial charge is 0.224 e. The van der Waals surface area contributed by atoms with Gasteiger partial charge in [-0.2, -0.15) is 4.98 Å². The Kier molecular flexibility index (Phi) is 4.24. The Morgan fingerprint density at radius 2 is 1.65 bits per heavy atom. The van der Waals surface area contributed by atoms with Gasteiger partial charge in [-0.1, -0.05) is 42.5 Å². The summed E-state index contributed by atoms with van der Waals surface area (Å²) in [6.45, 7) is 4.21. The molecule has 3 aromatic rings. The first-order valence-electron chi connectivity index (χ1n) is 7.63. The molecule has 23 heavy (non-hydrogen) atoms. The molecule has 0 aliphatic carbocycles. The molecule has 0 saturated heterocycles. The minimum atomic E-state index is 0.596. The first kappa shape index (κ1) is 15.0. The standard InChI is InChI=1S/C19H20N4/c1-13-8-7-11-16(14(13)2)21-18-12-17(22-19(20-3)23-18)15-9-5-4-6-10-15/h4-12H,1-3H3,(H2,20,21,22,23). The van der Waals surface area contributed by atoms with Crippen LogP contribution < -0.4 is 10.6 Å². The second kappa shape index (κ2) is 6.48. The van der Waals surface area contributed by atoms with Gasteiger partial charge >= 0.3 is 0 Å². The molecule has 0 atom stereocenters. The van der Waals surface area contributed by atoms with Crippen molar-refractivity contribution in [3.05, 3.63) is 65.7 Å². The van der Waals surface area contributed by atoms with Crippen LogP contribution in [-0.4, -0.2) is 17.0 Å². The van der Waals surface area contributed by atoms with Crippen LogP contribution in [0.4, 0.5) is 17.5 Å². The zero-order chi connectivity index (χ0) is 16.2. The van der Waals surface area contributed by atoms with Crippen LogP contribution in [0.2, 0.25) is 0 Å². The van der Waals surface area contributed by atoms with Crippen molar-refractivity contribution in [2.75, 3.05) is 17.7 Å². The van der Waals surface area contributed by atoms with Crippen molar-refractivity contribution >= 4 is 17.5 Å². The molecule has 2 N–H and O–H groups in total. The van der Waals surface area contributed by atoms with E-state index in [0.29, 0.717) is 5.95 Å². The number of rotatable bonds is 4. The van der Waals surface area contributed by atoms with Gasteiger partial charge < -0.3 is 10.6 Å². The first-order chi connectivity index (χ1) is 11.2. The van der Waals surface area contributed by atoms with Crippen LogP contribution in [0, 0.1) is 13.8 Å². The molecule has 0 bridgehead atoms. The van der Waals surface area contributed by atoms with Crippen LogP contribution in [0.3, 0.4) is 0 Å². The van der Waals surface area contributed by atoms with Crippen LogP contribution in [-0.2, 0) is 0 Å². The fourth-order valence-electron chi connectivity index (χ4n) is 2.40. The van der Waals surface area contributed by atoms with E-state index in [1.54, 1.807) is 0 Å². The lowest BCUT2D eigenvalue weighted by atomic mass is 10.1. The molecule has 4 heteroatoms. The van der Waals surface area contributed by atoms with Crippen molar-refractivity contribution in [2.24, 2.45) is 0 Å². The van der Waals surface area contributed by atoms with E-state index in [-0.39, 0.29) is 0 Å². The number of nitrogens with zero attached hydrogens (tertiary/aromatic N) is 2. The molecule has 0 aliphatic rings. The predicted octanol–water partition coefficient (Wildman–Crippen LogP) is 4.55. The number of hydrogen-bond acceptors (Lipinski definition) is 4. The Bertz CT molecular complexity index is 813. The lowest BCUT2D eigenvalue weighted by molar-refractivity contribution is 1.15. The lowest BCUT2D eigenvalue weighted by Crippen LogP contribution is -2.03. The summed E-state index contributed by atoms with van der Waals surface area (Å²) in [4.78, 5) is 9.05. The second-order valence-electron chi connectivity index (χ2n) is 5.45. The third-order valence-electron chi connectivity index (χ3n) is 3.89. The SMILES string of the molecule is CNc1nc(Nc2cccc(C)c2C)cc(-c2ccccc2)n1. The first-order valence-corrected chi connectivity index (χ1v) is 7.63. The number of aryl methyl sites for hydroxylation is 1. The van der Waals surface area contributed by atoms with Gasteiger partial charge in [-0.05, 0) is 31.0 Å². The van der Waals surface area contributed by atoms with Crippen LogP contribution in [0.25, 0.3) is 11.3 Å². The van der Waals surface area contributed by atoms with Crippen molar-refractivity contribution in [1.29, 1.82) is 0 Å². The molecule has 0 fully saturated rings. The van der Waals surface area contributed by atoms with E-state index >= 15 is 0 Å². The van der Waals surface area contributed by atoms with Gasteiger partial charge in [0.05, 0.1) is 5.69 Å². The van der Waals surface area contributed by atoms with Crippen molar-refractivity contribution in [3.63, 3.8) is 0 Å². The van der Waals surface area contributed by atoms with Crippen LogP contribution in [0.5, 0.6) is 0 Å². The van der Waals surface area contributed by atoms with Gasteiger partial charge in [0.1, 0.15) is 5.82 Å². The molecule has 4 nitrogen and oxygen atoms in total. The van der Waals surface area contributed by atoms with Crippen LogP contribution in [0.15, 0.2) is 54.6 Å². The van der Waals surface area contributed by atoms with E-state index in [4.69, 9.17) is 0 Å². The highest BCUT2D eigenvalue weighted by Gasteiger charge is 2.08. The Morgan fingerprint density at radius 3 is 2.39 bits per heavy atom. The fraction of sp³-hybridized carbons (Fsp3) is 0.158. The normalized spacial score (nSPS) is 10.4. The average Bonchev–Trinajstić information content (AvgIpc) is 2.59. The van der Waals surface area contributed by atoms with Gasteiger partial charge in [0.2, 0.25) is 5.95 Å². The monoisotopic (exact) mass is 304 g/mol. The molecule has 2 aromatic carbocycles. The molecule has 3 rings (SSSR count). The molecule has 116 valence electrons. The molecule has 0 radical (unpaired) electrons. The molecule has 0 aliphatic heterocycles. The molecule has 0 unspecified atom stereocenters. The van der Waals surface area contributed by atoms with Gasteiger partial charge in [-0.25, -0.2) is 4.98 Å². The summed E-state index contributed by atoms with van der Waals surface area (Å²) >= 11 is 0. The highest BCUT2D eigenvalue weighted by atomic mass is 15.1. The highest BCUT2D eigenvalue weighted by molar-refractivity contribution is 5.68. The van der Waals surface area contributed by atoms with E-state index in [2.05, 4.69) is 46.6 Å². The van der Waals surface area contributed by atoms with E-state index in [0.717, 1.165) is 22.8 Å². The van der Waals surface area contributed by atoms with Crippen molar-refractivity contribution in [1.82, 2.24) is 9.97 Å². The van der Waals surface area contributed by atoms with Gasteiger partial charge in [0.25, 0.3) is 0 Å². The molecular formula is C19H20N4. The van der Waals surface area contributed by atoms with Crippen LogP contribution >= 0.6 is 0 Å². The Morgan fingerprint density at radius 1 is 0.870 bits per heavy atom. The van der Waals surface area contributed by atoms with Crippen molar-refractivity contribution in [2.45, 2.75) is 13.8 Å². The summed E-state index contributed by atoms with van der Waals surface area (Å²) in [5.41, 5.74) is 5.48. The van der Waals surface area contributed by atoms with E-state index in [9.17, 15) is 0 Å². The van der Waals surface area contributed by atoms with E-state index in [1.165, 1.54) is 11.1 Å². The van der Waals surface area contributed by atoms with Gasteiger partial charge in [0, 0.05) is 24.4 Å². The summed E-state index contributed by atoms with van der Waals surface area (Å²) in [5, 5.41) is 6.43. The van der Waals surface area contributed by atoms with Crippen molar-refractivity contribution < 1.29 is 0 Å². The fourth-order valence-corrected chi connectivity index (χ4v) is 2.40. The van der Waals surface area contributed by atoms with Crippen molar-refractivity contribution in [3.8, 4) is 11.3 Å². The predicted molar refractivity (Wildman–Crippen MR) is 96.2 cm³/mol. The second-order valence-corrected chi connectivity index (χ2v) is 5.45. The minimum absolute atomic E-state index is 0.596. The Balaban J connectivity index is 2.01. The molecule has 1 aromatic heterocycles. The summed E-state index contributed by atoms with van der Waals surface area (Å²) in [7, 11) is 1.83. The summed E-state index contributed by atoms with van der Waals surface area (Å²) in [6, 6.07) is 18.3. The molecular weight excluding hydrogens is 284 g/mol. The maximum atomic E-state index is 4.54. The van der Waals surface area contributed by atoms with E-state index in [1.807, 2.05) is 49.5 Å². The topological polar surface area (TPSA) is 49.8 Å². The average molecular weight is 304 g/mol. The maximum absolute atomic E-state index is 4.54. The maximum Gasteiger partial charge on any atom is 0.224 e. The quantitative estimate of drug-likeness (QED) is 0.742. The summed E-state index contributed by atoms with van der Waals surface area (Å²) < 4.78 is 0. The third-order valence-corrected chi connectivity index (χ3v) is 3.89. The lowest BCUT2D eigenvalue weighted by Gasteiger charge is -2.13. The van der Waals surface area contributed by atoms with Gasteiger partial charge in [-0.3, -0.25) is 0 Å². The number of benzene rings is 2. The Labute approximate surface area is 136 Å². The third kappa shape index (κ3) is 3.31.